The van der Waals surface area contributed by atoms with Gasteiger partial charge in [-0.15, -0.1) is 5.69 Å². The molecule has 0 atom stereocenters. The van der Waals surface area contributed by atoms with Crippen molar-refractivity contribution in [2.45, 2.75) is 6.92 Å². The van der Waals surface area contributed by atoms with E-state index in [0.29, 0.717) is 0 Å². The first kappa shape index (κ1) is 7.10. The maximum Gasteiger partial charge on any atom is 0.0483 e. The number of aromatic nitrogens is 2. The van der Waals surface area contributed by atoms with E-state index in [1.54, 1.807) is 6.20 Å². The minimum absolute atomic E-state index is 0.936. The van der Waals surface area contributed by atoms with E-state index >= 15 is 0 Å². The smallest absolute Gasteiger partial charge is 0.0483 e. The number of nitrogens with zero attached hydrogens (tertiary/aromatic N) is 2. The fraction of sp³-hybridized carbons (Fsp3) is 0.100. The molecule has 0 aromatic carbocycles. The van der Waals surface area contributed by atoms with Crippen LogP contribution in [-0.4, -0.2) is 4.98 Å². The Kier molecular flexibility index (Phi) is 1.67. The van der Waals surface area contributed by atoms with Crippen molar-refractivity contribution in [2.24, 2.45) is 0 Å². The lowest BCUT2D eigenvalue weighted by molar-refractivity contribution is 1.20. The van der Waals surface area contributed by atoms with E-state index in [-0.39, 0.29) is 0 Å². The molecule has 0 radical (unpaired) electrons. The van der Waals surface area contributed by atoms with Crippen molar-refractivity contribution in [1.82, 2.24) is 9.97 Å². The average Bonchev–Trinajstić information content (AvgIpc) is 2.54. The van der Waals surface area contributed by atoms with Gasteiger partial charge in [0.1, 0.15) is 0 Å². The Morgan fingerprint density at radius 3 is 2.67 bits per heavy atom. The third kappa shape index (κ3) is 1.23. The predicted octanol–water partition coefficient (Wildman–Crippen LogP) is 2.01. The molecule has 0 aliphatic carbocycles. The van der Waals surface area contributed by atoms with Crippen LogP contribution >= 0.6 is 0 Å². The number of hydrogen-bond donors (Lipinski definition) is 0. The Labute approximate surface area is 71.3 Å². The largest absolute Gasteiger partial charge is 0.660 e. The van der Waals surface area contributed by atoms with Gasteiger partial charge in [-0.25, -0.2) is 0 Å². The summed E-state index contributed by atoms with van der Waals surface area (Å²) in [7, 11) is 0. The lowest BCUT2D eigenvalue weighted by Gasteiger charge is -2.05. The Morgan fingerprint density at radius 1 is 1.17 bits per heavy atom. The molecule has 60 valence electrons. The predicted molar refractivity (Wildman–Crippen MR) is 47.7 cm³/mol. The van der Waals surface area contributed by atoms with Gasteiger partial charge in [0.25, 0.3) is 0 Å². The summed E-state index contributed by atoms with van der Waals surface area (Å²) in [5, 5.41) is 0. The topological polar surface area (TPSA) is 27.0 Å². The quantitative estimate of drug-likeness (QED) is 0.633. The maximum absolute atomic E-state index is 4.32. The van der Waals surface area contributed by atoms with E-state index < -0.39 is 0 Å². The third-order valence-electron chi connectivity index (χ3n) is 1.71. The second-order valence-electron chi connectivity index (χ2n) is 2.69. The summed E-state index contributed by atoms with van der Waals surface area (Å²) in [6.07, 6.45) is 1.78. The molecule has 0 unspecified atom stereocenters. The zero-order chi connectivity index (χ0) is 8.39. The standard InChI is InChI=1S/C10H9N2/c1-8-5-6-10(12-8)9-4-2-3-7-11-9/h2-7H,1H3/q-1. The first-order valence-corrected chi connectivity index (χ1v) is 3.88. The molecule has 0 bridgehead atoms. The van der Waals surface area contributed by atoms with Crippen molar-refractivity contribution in [3.63, 3.8) is 0 Å². The van der Waals surface area contributed by atoms with Crippen molar-refractivity contribution < 1.29 is 0 Å². The second-order valence-corrected chi connectivity index (χ2v) is 2.69. The SMILES string of the molecule is Cc1ccc(-c2ccccn2)[n-]1. The zero-order valence-electron chi connectivity index (χ0n) is 6.86. The van der Waals surface area contributed by atoms with Gasteiger partial charge in [0.15, 0.2) is 0 Å². The number of aryl methyl sites for hydroxylation is 1. The average molecular weight is 157 g/mol. The lowest BCUT2D eigenvalue weighted by atomic mass is 10.3. The minimum atomic E-state index is 0.936. The van der Waals surface area contributed by atoms with Crippen LogP contribution in [0.2, 0.25) is 0 Å². The van der Waals surface area contributed by atoms with Gasteiger partial charge in [-0.2, -0.15) is 5.69 Å². The normalized spacial score (nSPS) is 10.1. The molecule has 0 amide bonds. The van der Waals surface area contributed by atoms with Crippen molar-refractivity contribution >= 4 is 0 Å². The molecule has 2 aromatic rings. The van der Waals surface area contributed by atoms with Crippen molar-refractivity contribution in [1.29, 1.82) is 0 Å². The first-order valence-electron chi connectivity index (χ1n) is 3.88. The summed E-state index contributed by atoms with van der Waals surface area (Å²) in [5.41, 5.74) is 2.93. The highest BCUT2D eigenvalue weighted by Crippen LogP contribution is 2.13. The van der Waals surface area contributed by atoms with E-state index in [0.717, 1.165) is 17.1 Å². The molecule has 0 saturated heterocycles. The number of pyridine rings is 1. The van der Waals surface area contributed by atoms with E-state index in [1.807, 2.05) is 37.3 Å². The molecule has 0 fully saturated rings. The molecular formula is C10H9N2-. The highest BCUT2D eigenvalue weighted by Gasteiger charge is 1.88. The Morgan fingerprint density at radius 2 is 2.08 bits per heavy atom. The summed E-state index contributed by atoms with van der Waals surface area (Å²) in [6, 6.07) is 9.80. The van der Waals surface area contributed by atoms with Gasteiger partial charge >= 0.3 is 0 Å². The summed E-state index contributed by atoms with van der Waals surface area (Å²) in [6.45, 7) is 1.98. The van der Waals surface area contributed by atoms with Crippen LogP contribution in [0.25, 0.3) is 11.4 Å². The van der Waals surface area contributed by atoms with Gasteiger partial charge in [-0.05, 0) is 12.1 Å². The molecule has 0 N–H and O–H groups in total. The molecule has 0 aliphatic heterocycles. The van der Waals surface area contributed by atoms with Crippen LogP contribution < -0.4 is 4.98 Å². The summed E-state index contributed by atoms with van der Waals surface area (Å²) in [4.78, 5) is 8.52. The van der Waals surface area contributed by atoms with E-state index in [2.05, 4.69) is 9.97 Å². The fourth-order valence-corrected chi connectivity index (χ4v) is 1.12. The molecule has 0 aliphatic rings. The van der Waals surface area contributed by atoms with E-state index in [9.17, 15) is 0 Å². The molecule has 2 nitrogen and oxygen atoms in total. The van der Waals surface area contributed by atoms with Crippen LogP contribution in [-0.2, 0) is 0 Å². The van der Waals surface area contributed by atoms with Gasteiger partial charge in [-0.1, -0.05) is 25.1 Å². The zero-order valence-corrected chi connectivity index (χ0v) is 6.86. The summed E-state index contributed by atoms with van der Waals surface area (Å²) >= 11 is 0. The molecule has 0 spiro atoms. The van der Waals surface area contributed by atoms with Crippen molar-refractivity contribution in [3.8, 4) is 11.4 Å². The molecule has 2 heteroatoms. The fourth-order valence-electron chi connectivity index (χ4n) is 1.12. The monoisotopic (exact) mass is 157 g/mol. The molecule has 12 heavy (non-hydrogen) atoms. The maximum atomic E-state index is 4.32. The van der Waals surface area contributed by atoms with Gasteiger partial charge in [0.05, 0.1) is 0 Å². The van der Waals surface area contributed by atoms with Crippen LogP contribution in [0.1, 0.15) is 5.69 Å². The van der Waals surface area contributed by atoms with Crippen LogP contribution in [0.5, 0.6) is 0 Å². The molecule has 2 heterocycles. The van der Waals surface area contributed by atoms with E-state index in [1.165, 1.54) is 0 Å². The van der Waals surface area contributed by atoms with E-state index in [4.69, 9.17) is 0 Å². The second kappa shape index (κ2) is 2.81. The highest BCUT2D eigenvalue weighted by atomic mass is 14.8. The van der Waals surface area contributed by atoms with Gasteiger partial charge < -0.3 is 4.98 Å². The van der Waals surface area contributed by atoms with Crippen LogP contribution in [0, 0.1) is 6.92 Å². The van der Waals surface area contributed by atoms with Gasteiger partial charge in [0.2, 0.25) is 0 Å². The Balaban J connectivity index is 2.45. The van der Waals surface area contributed by atoms with Crippen LogP contribution in [0.4, 0.5) is 0 Å². The van der Waals surface area contributed by atoms with Crippen LogP contribution in [0.15, 0.2) is 36.5 Å². The van der Waals surface area contributed by atoms with Crippen LogP contribution in [0.3, 0.4) is 0 Å². The lowest BCUT2D eigenvalue weighted by Crippen LogP contribution is -1.83. The van der Waals surface area contributed by atoms with Gasteiger partial charge in [0, 0.05) is 11.9 Å². The molecular weight excluding hydrogens is 148 g/mol. The Bertz CT molecular complexity index is 362. The first-order chi connectivity index (χ1) is 5.86. The third-order valence-corrected chi connectivity index (χ3v) is 1.71. The van der Waals surface area contributed by atoms with Crippen molar-refractivity contribution in [2.75, 3.05) is 0 Å². The number of rotatable bonds is 1. The molecule has 2 aromatic heterocycles. The van der Waals surface area contributed by atoms with Gasteiger partial charge in [-0.3, -0.25) is 4.98 Å². The van der Waals surface area contributed by atoms with Crippen molar-refractivity contribution in [3.05, 3.63) is 42.2 Å². The summed E-state index contributed by atoms with van der Waals surface area (Å²) < 4.78 is 0. The highest BCUT2D eigenvalue weighted by molar-refractivity contribution is 5.54. The molecule has 2 rings (SSSR count). The number of hydrogen-bond acceptors (Lipinski definition) is 1. The Hall–Kier alpha value is -1.57. The minimum Gasteiger partial charge on any atom is -0.660 e. The molecule has 0 saturated carbocycles. The summed E-state index contributed by atoms with van der Waals surface area (Å²) in [5.74, 6) is 0.